The molecule has 1 aromatic carbocycles. The Morgan fingerprint density at radius 2 is 1.81 bits per heavy atom. The molecule has 1 aliphatic heterocycles. The zero-order chi connectivity index (χ0) is 24.8. The minimum absolute atomic E-state index is 0.0290. The van der Waals surface area contributed by atoms with Gasteiger partial charge in [-0.1, -0.05) is 29.8 Å². The number of aromatic nitrogens is 6. The fourth-order valence-corrected chi connectivity index (χ4v) is 4.65. The van der Waals surface area contributed by atoms with Crippen LogP contribution < -0.4 is 10.2 Å². The van der Waals surface area contributed by atoms with E-state index in [-0.39, 0.29) is 11.8 Å². The highest BCUT2D eigenvalue weighted by Gasteiger charge is 2.34. The average Bonchev–Trinajstić information content (AvgIpc) is 3.37. The molecular weight excluding hydrogens is 452 g/mol. The Hall–Kier alpha value is -4.53. The molecule has 0 spiro atoms. The van der Waals surface area contributed by atoms with Crippen molar-refractivity contribution < 1.29 is 4.79 Å². The minimum Gasteiger partial charge on any atom is -0.355 e. The van der Waals surface area contributed by atoms with Crippen molar-refractivity contribution in [2.75, 3.05) is 23.3 Å². The monoisotopic (exact) mass is 478 g/mol. The molecule has 36 heavy (non-hydrogen) atoms. The first-order chi connectivity index (χ1) is 17.5. The van der Waals surface area contributed by atoms with Crippen LogP contribution in [-0.2, 0) is 4.79 Å². The highest BCUT2D eigenvalue weighted by atomic mass is 16.2. The predicted molar refractivity (Wildman–Crippen MR) is 138 cm³/mol. The first-order valence-corrected chi connectivity index (χ1v) is 11.9. The number of hydrogen-bond donors (Lipinski definition) is 1. The summed E-state index contributed by atoms with van der Waals surface area (Å²) in [6.07, 6.45) is 3.47. The normalized spacial score (nSPS) is 13.7. The van der Waals surface area contributed by atoms with Crippen LogP contribution >= 0.6 is 0 Å². The van der Waals surface area contributed by atoms with Crippen LogP contribution in [0.15, 0.2) is 67.1 Å². The highest BCUT2D eigenvalue weighted by molar-refractivity contribution is 5.97. The van der Waals surface area contributed by atoms with E-state index in [2.05, 4.69) is 31.3 Å². The second kappa shape index (κ2) is 8.60. The lowest BCUT2D eigenvalue weighted by molar-refractivity contribution is -0.120. The van der Waals surface area contributed by atoms with E-state index in [4.69, 9.17) is 4.98 Å². The molecule has 1 amide bonds. The van der Waals surface area contributed by atoms with Gasteiger partial charge in [-0.2, -0.15) is 5.10 Å². The van der Waals surface area contributed by atoms with Crippen LogP contribution in [0.3, 0.4) is 0 Å². The van der Waals surface area contributed by atoms with Gasteiger partial charge in [0.15, 0.2) is 5.82 Å². The van der Waals surface area contributed by atoms with Gasteiger partial charge in [0.2, 0.25) is 5.91 Å². The van der Waals surface area contributed by atoms with E-state index < -0.39 is 0 Å². The van der Waals surface area contributed by atoms with Gasteiger partial charge < -0.3 is 10.2 Å². The molecule has 0 atom stereocenters. The minimum atomic E-state index is -0.156. The number of anilines is 2. The van der Waals surface area contributed by atoms with Gasteiger partial charge in [-0.05, 0) is 45.0 Å². The fourth-order valence-electron chi connectivity index (χ4n) is 4.65. The molecule has 1 N–H and O–H groups in total. The summed E-state index contributed by atoms with van der Waals surface area (Å²) < 4.78 is 3.74. The molecule has 9 heteroatoms. The maximum Gasteiger partial charge on any atom is 0.232 e. The molecule has 6 rings (SSSR count). The maximum atomic E-state index is 13.3. The van der Waals surface area contributed by atoms with Crippen molar-refractivity contribution in [2.24, 2.45) is 5.92 Å². The second-order valence-corrected chi connectivity index (χ2v) is 9.27. The number of carbonyl (C=O) groups excluding carboxylic acids is 1. The highest BCUT2D eigenvalue weighted by Crippen LogP contribution is 2.31. The lowest BCUT2D eigenvalue weighted by Gasteiger charge is -2.39. The predicted octanol–water partition coefficient (Wildman–Crippen LogP) is 3.98. The van der Waals surface area contributed by atoms with Crippen LogP contribution in [0.25, 0.3) is 22.7 Å². The Morgan fingerprint density at radius 1 is 0.972 bits per heavy atom. The van der Waals surface area contributed by atoms with E-state index in [0.717, 1.165) is 39.7 Å². The molecule has 1 fully saturated rings. The largest absolute Gasteiger partial charge is 0.355 e. The third kappa shape index (κ3) is 3.88. The van der Waals surface area contributed by atoms with Gasteiger partial charge in [0, 0.05) is 36.6 Å². The van der Waals surface area contributed by atoms with Crippen molar-refractivity contribution in [3.8, 4) is 17.1 Å². The van der Waals surface area contributed by atoms with Gasteiger partial charge in [0.25, 0.3) is 0 Å². The zero-order valence-electron chi connectivity index (χ0n) is 20.4. The van der Waals surface area contributed by atoms with Gasteiger partial charge in [-0.15, -0.1) is 0 Å². The van der Waals surface area contributed by atoms with Crippen LogP contribution in [0, 0.1) is 26.7 Å². The molecule has 4 aromatic heterocycles. The Bertz CT molecular complexity index is 1590. The summed E-state index contributed by atoms with van der Waals surface area (Å²) in [5.41, 5.74) is 5.61. The molecule has 180 valence electrons. The summed E-state index contributed by atoms with van der Waals surface area (Å²) in [7, 11) is 0. The SMILES string of the molecule is Cc1cccc(-c2nc3ccccn3c2NC(=O)C2CN(c3cc(-n4nc(C)cc4C)ncn3)C2)c1. The van der Waals surface area contributed by atoms with Crippen molar-refractivity contribution in [1.29, 1.82) is 0 Å². The Labute approximate surface area is 208 Å². The molecule has 1 aliphatic rings. The summed E-state index contributed by atoms with van der Waals surface area (Å²) >= 11 is 0. The van der Waals surface area contributed by atoms with Crippen molar-refractivity contribution in [1.82, 2.24) is 29.1 Å². The van der Waals surface area contributed by atoms with E-state index in [9.17, 15) is 4.79 Å². The van der Waals surface area contributed by atoms with Gasteiger partial charge >= 0.3 is 0 Å². The number of carbonyl (C=O) groups is 1. The Morgan fingerprint density at radius 3 is 2.58 bits per heavy atom. The summed E-state index contributed by atoms with van der Waals surface area (Å²) in [4.78, 5) is 29.0. The summed E-state index contributed by atoms with van der Waals surface area (Å²) in [6.45, 7) is 7.16. The van der Waals surface area contributed by atoms with E-state index in [1.54, 1.807) is 6.33 Å². The third-order valence-corrected chi connectivity index (χ3v) is 6.50. The van der Waals surface area contributed by atoms with Crippen molar-refractivity contribution in [3.63, 3.8) is 0 Å². The molecule has 0 bridgehead atoms. The molecule has 0 aliphatic carbocycles. The number of rotatable bonds is 5. The lowest BCUT2D eigenvalue weighted by atomic mass is 9.99. The number of pyridine rings is 1. The van der Waals surface area contributed by atoms with Crippen molar-refractivity contribution in [3.05, 3.63) is 84.1 Å². The van der Waals surface area contributed by atoms with Crippen LogP contribution in [0.4, 0.5) is 11.6 Å². The number of benzene rings is 1. The first-order valence-electron chi connectivity index (χ1n) is 11.9. The van der Waals surface area contributed by atoms with Crippen molar-refractivity contribution in [2.45, 2.75) is 20.8 Å². The zero-order valence-corrected chi connectivity index (χ0v) is 20.4. The lowest BCUT2D eigenvalue weighted by Crippen LogP contribution is -2.52. The molecule has 9 nitrogen and oxygen atoms in total. The summed E-state index contributed by atoms with van der Waals surface area (Å²) in [5, 5.41) is 7.67. The van der Waals surface area contributed by atoms with Gasteiger partial charge in [-0.3, -0.25) is 9.20 Å². The third-order valence-electron chi connectivity index (χ3n) is 6.50. The second-order valence-electron chi connectivity index (χ2n) is 9.27. The summed E-state index contributed by atoms with van der Waals surface area (Å²) in [5.74, 6) is 2.00. The molecule has 0 radical (unpaired) electrons. The molecule has 0 unspecified atom stereocenters. The van der Waals surface area contributed by atoms with Crippen LogP contribution in [0.5, 0.6) is 0 Å². The number of imidazole rings is 1. The van der Waals surface area contributed by atoms with Gasteiger partial charge in [0.1, 0.15) is 29.3 Å². The van der Waals surface area contributed by atoms with E-state index in [1.165, 1.54) is 0 Å². The number of fused-ring (bicyclic) bond motifs is 1. The van der Waals surface area contributed by atoms with Crippen LogP contribution in [-0.4, -0.2) is 48.1 Å². The molecule has 5 aromatic rings. The van der Waals surface area contributed by atoms with E-state index in [0.29, 0.717) is 24.7 Å². The standard InChI is InChI=1S/C27H26N8O/c1-17-7-6-8-20(11-17)25-26(34-10-5-4-9-22(34)30-25)31-27(36)21-14-33(15-21)23-13-24(29-16-28-23)35-19(3)12-18(2)32-35/h4-13,16,21H,14-15H2,1-3H3,(H,31,36). The molecule has 0 saturated carbocycles. The number of nitrogens with one attached hydrogen (secondary N) is 1. The van der Waals surface area contributed by atoms with E-state index >= 15 is 0 Å². The molecule has 1 saturated heterocycles. The number of amides is 1. The van der Waals surface area contributed by atoms with Crippen LogP contribution in [0.2, 0.25) is 0 Å². The van der Waals surface area contributed by atoms with Crippen LogP contribution in [0.1, 0.15) is 17.0 Å². The smallest absolute Gasteiger partial charge is 0.232 e. The topological polar surface area (TPSA) is 93.2 Å². The van der Waals surface area contributed by atoms with E-state index in [1.807, 2.05) is 84.6 Å². The summed E-state index contributed by atoms with van der Waals surface area (Å²) in [6, 6.07) is 17.9. The molecular formula is C27H26N8O. The number of aryl methyl sites for hydroxylation is 3. The molecule has 5 heterocycles. The Balaban J connectivity index is 1.21. The number of nitrogens with zero attached hydrogens (tertiary/aromatic N) is 7. The number of hydrogen-bond acceptors (Lipinski definition) is 6. The Kier molecular flexibility index (Phi) is 5.25. The first kappa shape index (κ1) is 22.0. The van der Waals surface area contributed by atoms with Crippen molar-refractivity contribution >= 4 is 23.2 Å². The van der Waals surface area contributed by atoms with Gasteiger partial charge in [0.05, 0.1) is 11.6 Å². The fraction of sp³-hybridized carbons (Fsp3) is 0.222. The van der Waals surface area contributed by atoms with Gasteiger partial charge in [-0.25, -0.2) is 19.6 Å². The quantitative estimate of drug-likeness (QED) is 0.411. The average molecular weight is 479 g/mol. The maximum absolute atomic E-state index is 13.3.